The van der Waals surface area contributed by atoms with Gasteiger partial charge in [0.05, 0.1) is 9.77 Å². The van der Waals surface area contributed by atoms with Crippen molar-refractivity contribution in [1.82, 2.24) is 19.8 Å². The number of hydrogen-bond donors (Lipinski definition) is 2. The minimum Gasteiger partial charge on any atom is -0.480 e. The number of aliphatic carboxylic acids is 1. The van der Waals surface area contributed by atoms with E-state index in [1.54, 1.807) is 33.0 Å². The van der Waals surface area contributed by atoms with E-state index in [0.29, 0.717) is 22.9 Å². The van der Waals surface area contributed by atoms with Gasteiger partial charge in [0, 0.05) is 35.5 Å². The van der Waals surface area contributed by atoms with Crippen LogP contribution >= 0.6 is 11.3 Å². The van der Waals surface area contributed by atoms with Gasteiger partial charge in [-0.2, -0.15) is 9.71 Å². The van der Waals surface area contributed by atoms with Gasteiger partial charge in [0.25, 0.3) is 0 Å². The molecule has 0 aliphatic rings. The lowest BCUT2D eigenvalue weighted by Crippen LogP contribution is -2.44. The summed E-state index contributed by atoms with van der Waals surface area (Å²) in [6, 6.07) is 8.89. The Bertz CT molecular complexity index is 1680. The summed E-state index contributed by atoms with van der Waals surface area (Å²) in [6.07, 6.45) is 1.68. The van der Waals surface area contributed by atoms with Crippen LogP contribution in [0.2, 0.25) is 0 Å². The van der Waals surface area contributed by atoms with Gasteiger partial charge in [0.15, 0.2) is 0 Å². The number of carboxylic acids is 1. The van der Waals surface area contributed by atoms with Crippen LogP contribution in [-0.2, 0) is 14.8 Å². The highest BCUT2D eigenvalue weighted by Crippen LogP contribution is 2.36. The van der Waals surface area contributed by atoms with E-state index in [0.717, 1.165) is 26.2 Å². The van der Waals surface area contributed by atoms with Gasteiger partial charge in [0.1, 0.15) is 22.2 Å². The van der Waals surface area contributed by atoms with E-state index >= 15 is 0 Å². The number of carboxylic acid groups (broad SMARTS) is 1. The molecule has 2 aromatic carbocycles. The third-order valence-electron chi connectivity index (χ3n) is 5.47. The van der Waals surface area contributed by atoms with Crippen molar-refractivity contribution in [3.05, 3.63) is 48.5 Å². The molecule has 12 heteroatoms. The minimum atomic E-state index is -4.07. The summed E-state index contributed by atoms with van der Waals surface area (Å²) in [5, 5.41) is 15.6. The molecule has 0 fully saturated rings. The lowest BCUT2D eigenvalue weighted by molar-refractivity contribution is -0.140. The first-order valence-corrected chi connectivity index (χ1v) is 12.9. The number of benzene rings is 2. The monoisotopic (exact) mass is 512 g/mol. The normalized spacial score (nSPS) is 13.1. The first-order valence-electron chi connectivity index (χ1n) is 10.6. The molecule has 0 amide bonds. The molecule has 10 nitrogen and oxygen atoms in total. The van der Waals surface area contributed by atoms with Crippen molar-refractivity contribution in [3.63, 3.8) is 0 Å². The number of aryl methyl sites for hydroxylation is 1. The largest absolute Gasteiger partial charge is 0.480 e. The van der Waals surface area contributed by atoms with Gasteiger partial charge >= 0.3 is 5.97 Å². The summed E-state index contributed by atoms with van der Waals surface area (Å²) in [5.74, 6) is -0.717. The average molecular weight is 513 g/mol. The Morgan fingerprint density at radius 3 is 2.49 bits per heavy atom. The fraction of sp³-hybridized carbons (Fsp3) is 0.217. The molecule has 3 aromatic heterocycles. The van der Waals surface area contributed by atoms with E-state index in [-0.39, 0.29) is 4.90 Å². The Balaban J connectivity index is 1.49. The van der Waals surface area contributed by atoms with Crippen LogP contribution in [0.1, 0.15) is 19.7 Å². The third kappa shape index (κ3) is 4.31. The van der Waals surface area contributed by atoms with Gasteiger partial charge in [0.2, 0.25) is 21.7 Å². The molecule has 5 aromatic rings. The number of carbonyl (C=O) groups is 1. The van der Waals surface area contributed by atoms with E-state index < -0.39 is 28.0 Å². The Labute approximate surface area is 203 Å². The van der Waals surface area contributed by atoms with Crippen LogP contribution in [0.25, 0.3) is 43.2 Å². The Morgan fingerprint density at radius 1 is 1.11 bits per heavy atom. The predicted octanol–water partition coefficient (Wildman–Crippen LogP) is 4.46. The molecule has 1 atom stereocenters. The Kier molecular flexibility index (Phi) is 5.66. The first-order chi connectivity index (χ1) is 16.6. The van der Waals surface area contributed by atoms with Gasteiger partial charge in [-0.15, -0.1) is 11.3 Å². The summed E-state index contributed by atoms with van der Waals surface area (Å²) in [5.41, 5.74) is 1.76. The van der Waals surface area contributed by atoms with Gasteiger partial charge in [-0.3, -0.25) is 4.79 Å². The van der Waals surface area contributed by atoms with Crippen LogP contribution in [0.3, 0.4) is 0 Å². The molecule has 180 valence electrons. The summed E-state index contributed by atoms with van der Waals surface area (Å²) in [7, 11) is -4.07. The molecule has 0 saturated heterocycles. The van der Waals surface area contributed by atoms with E-state index in [1.165, 1.54) is 23.5 Å². The molecular formula is C23H20N4O6S2. The molecule has 0 saturated carbocycles. The fourth-order valence-electron chi connectivity index (χ4n) is 3.67. The predicted molar refractivity (Wildman–Crippen MR) is 129 cm³/mol. The molecule has 5 rings (SSSR count). The van der Waals surface area contributed by atoms with Crippen molar-refractivity contribution in [2.24, 2.45) is 5.92 Å². The van der Waals surface area contributed by atoms with Crippen molar-refractivity contribution < 1.29 is 27.3 Å². The highest BCUT2D eigenvalue weighted by atomic mass is 32.2. The molecule has 0 aliphatic heterocycles. The van der Waals surface area contributed by atoms with Crippen LogP contribution in [0, 0.1) is 12.8 Å². The number of nitrogens with zero attached hydrogens (tertiary/aromatic N) is 3. The lowest BCUT2D eigenvalue weighted by atomic mass is 10.1. The molecule has 0 bridgehead atoms. The number of aromatic nitrogens is 3. The average Bonchev–Trinajstić information content (AvgIpc) is 3.54. The van der Waals surface area contributed by atoms with Gasteiger partial charge in [-0.25, -0.2) is 13.4 Å². The van der Waals surface area contributed by atoms with Crippen molar-refractivity contribution >= 4 is 49.3 Å². The number of nitrogens with one attached hydrogen (secondary N) is 1. The molecule has 0 aliphatic carbocycles. The van der Waals surface area contributed by atoms with E-state index in [4.69, 9.17) is 8.94 Å². The van der Waals surface area contributed by atoms with Crippen molar-refractivity contribution in [2.45, 2.75) is 31.7 Å². The second kappa shape index (κ2) is 8.56. The zero-order valence-electron chi connectivity index (χ0n) is 18.8. The van der Waals surface area contributed by atoms with E-state index in [1.807, 2.05) is 18.2 Å². The van der Waals surface area contributed by atoms with E-state index in [9.17, 15) is 18.3 Å². The minimum absolute atomic E-state index is 0.0730. The summed E-state index contributed by atoms with van der Waals surface area (Å²) in [4.78, 5) is 20.8. The molecule has 35 heavy (non-hydrogen) atoms. The molecule has 3 heterocycles. The van der Waals surface area contributed by atoms with Crippen molar-refractivity contribution in [2.75, 3.05) is 0 Å². The van der Waals surface area contributed by atoms with Gasteiger partial charge in [-0.1, -0.05) is 25.1 Å². The number of fused-ring (bicyclic) bond motifs is 3. The van der Waals surface area contributed by atoms with Crippen LogP contribution in [0.4, 0.5) is 0 Å². The maximum absolute atomic E-state index is 12.8. The maximum Gasteiger partial charge on any atom is 0.322 e. The topological polar surface area (TPSA) is 148 Å². The number of thiazole rings is 1. The molecule has 0 unspecified atom stereocenters. The highest BCUT2D eigenvalue weighted by Gasteiger charge is 2.28. The van der Waals surface area contributed by atoms with Crippen LogP contribution in [0.5, 0.6) is 0 Å². The Hall–Kier alpha value is -3.61. The fourth-order valence-corrected chi connectivity index (χ4v) is 5.87. The van der Waals surface area contributed by atoms with Crippen molar-refractivity contribution in [1.29, 1.82) is 0 Å². The number of sulfonamides is 1. The number of furan rings is 1. The summed E-state index contributed by atoms with van der Waals surface area (Å²) < 4.78 is 38.9. The standard InChI is InChI=1S/C23H20N4O6S2/c1-11(2)20(23(28)29)27-35(30,31)14-5-7-16-15-6-4-13(8-17(15)32-18(16)9-14)22-24-10-19(34-22)21-25-12(3)33-26-21/h4-11,20,27H,1-3H3,(H,28,29)/t20-/m0/s1. The molecular weight excluding hydrogens is 492 g/mol. The van der Waals surface area contributed by atoms with Gasteiger partial charge in [-0.05, 0) is 30.2 Å². The number of hydrogen-bond acceptors (Lipinski definition) is 9. The van der Waals surface area contributed by atoms with Gasteiger partial charge < -0.3 is 14.0 Å². The highest BCUT2D eigenvalue weighted by molar-refractivity contribution is 7.89. The number of rotatable bonds is 7. The summed E-state index contributed by atoms with van der Waals surface area (Å²) in [6.45, 7) is 4.99. The lowest BCUT2D eigenvalue weighted by Gasteiger charge is -2.17. The Morgan fingerprint density at radius 2 is 1.83 bits per heavy atom. The van der Waals surface area contributed by atoms with Crippen LogP contribution in [-0.4, -0.2) is 40.7 Å². The third-order valence-corrected chi connectivity index (χ3v) is 7.95. The zero-order valence-corrected chi connectivity index (χ0v) is 20.5. The van der Waals surface area contributed by atoms with Crippen LogP contribution < -0.4 is 4.72 Å². The molecule has 0 radical (unpaired) electrons. The first kappa shape index (κ1) is 23.1. The SMILES string of the molecule is Cc1nc(-c2cnc(-c3ccc4c(c3)oc3cc(S(=O)(=O)N[C@H](C(=O)O)C(C)C)ccc34)s2)no1. The quantitative estimate of drug-likeness (QED) is 0.322. The zero-order chi connectivity index (χ0) is 24.9. The summed E-state index contributed by atoms with van der Waals surface area (Å²) >= 11 is 1.41. The van der Waals surface area contributed by atoms with E-state index in [2.05, 4.69) is 19.8 Å². The molecule has 0 spiro atoms. The second-order valence-corrected chi connectivity index (χ2v) is 11.1. The maximum atomic E-state index is 12.8. The van der Waals surface area contributed by atoms with Crippen LogP contribution in [0.15, 0.2) is 56.4 Å². The van der Waals surface area contributed by atoms with Crippen molar-refractivity contribution in [3.8, 4) is 21.3 Å². The second-order valence-electron chi connectivity index (χ2n) is 8.32. The molecule has 2 N–H and O–H groups in total. The smallest absolute Gasteiger partial charge is 0.322 e.